The van der Waals surface area contributed by atoms with Gasteiger partial charge < -0.3 is 9.84 Å². The molecule has 0 unspecified atom stereocenters. The van der Waals surface area contributed by atoms with Crippen LogP contribution in [0.15, 0.2) is 71.6 Å². The predicted octanol–water partition coefficient (Wildman–Crippen LogP) is 4.29. The van der Waals surface area contributed by atoms with E-state index in [2.05, 4.69) is 49.7 Å². The van der Waals surface area contributed by atoms with Crippen molar-refractivity contribution in [1.82, 2.24) is 20.1 Å². The molecule has 1 N–H and O–H groups in total. The Balaban J connectivity index is 1.47. The number of hydrogen-bond acceptors (Lipinski definition) is 6. The average molecular weight is 355 g/mol. The van der Waals surface area contributed by atoms with Gasteiger partial charge >= 0.3 is 0 Å². The number of nitrogens with zero attached hydrogens (tertiary/aromatic N) is 4. The molecule has 6 heteroatoms. The van der Waals surface area contributed by atoms with Gasteiger partial charge in [0.1, 0.15) is 17.7 Å². The summed E-state index contributed by atoms with van der Waals surface area (Å²) in [5.41, 5.74) is 4.31. The van der Waals surface area contributed by atoms with Crippen LogP contribution in [0.2, 0.25) is 0 Å². The maximum Gasteiger partial charge on any atom is 0.263 e. The summed E-state index contributed by atoms with van der Waals surface area (Å²) < 4.78 is 5.50. The number of benzene rings is 2. The van der Waals surface area contributed by atoms with E-state index in [9.17, 15) is 0 Å². The molecular formula is C21H17N5O. The van der Waals surface area contributed by atoms with Crippen LogP contribution in [0.5, 0.6) is 0 Å². The number of anilines is 1. The second kappa shape index (κ2) is 6.64. The number of rotatable bonds is 4. The molecule has 1 atom stereocenters. The van der Waals surface area contributed by atoms with Crippen molar-refractivity contribution in [3.05, 3.63) is 78.2 Å². The normalized spacial score (nSPS) is 15.5. The number of fused-ring (bicyclic) bond motifs is 1. The maximum absolute atomic E-state index is 5.50. The van der Waals surface area contributed by atoms with Crippen LogP contribution in [-0.4, -0.2) is 20.1 Å². The highest BCUT2D eigenvalue weighted by Gasteiger charge is 2.24. The molecule has 2 aromatic carbocycles. The molecule has 0 aliphatic heterocycles. The summed E-state index contributed by atoms with van der Waals surface area (Å²) >= 11 is 0. The fourth-order valence-corrected chi connectivity index (χ4v) is 3.51. The van der Waals surface area contributed by atoms with Crippen LogP contribution in [0.25, 0.3) is 22.8 Å². The van der Waals surface area contributed by atoms with E-state index < -0.39 is 0 Å². The minimum absolute atomic E-state index is 0.214. The molecule has 0 saturated heterocycles. The van der Waals surface area contributed by atoms with Gasteiger partial charge in [-0.05, 0) is 24.0 Å². The molecule has 0 spiro atoms. The minimum Gasteiger partial charge on any atom is -0.362 e. The highest BCUT2D eigenvalue weighted by molar-refractivity contribution is 5.69. The van der Waals surface area contributed by atoms with Crippen LogP contribution >= 0.6 is 0 Å². The molecule has 6 nitrogen and oxygen atoms in total. The van der Waals surface area contributed by atoms with Crippen molar-refractivity contribution in [1.29, 1.82) is 0 Å². The Morgan fingerprint density at radius 3 is 2.78 bits per heavy atom. The smallest absolute Gasteiger partial charge is 0.263 e. The van der Waals surface area contributed by atoms with Crippen molar-refractivity contribution in [2.45, 2.75) is 18.9 Å². The van der Waals surface area contributed by atoms with E-state index >= 15 is 0 Å². The minimum atomic E-state index is 0.214. The summed E-state index contributed by atoms with van der Waals surface area (Å²) in [6.45, 7) is 0. The van der Waals surface area contributed by atoms with E-state index in [1.807, 2.05) is 30.3 Å². The van der Waals surface area contributed by atoms with E-state index in [1.54, 1.807) is 6.20 Å². The molecule has 1 aliphatic carbocycles. The molecule has 0 fully saturated rings. The molecule has 27 heavy (non-hydrogen) atoms. The van der Waals surface area contributed by atoms with Gasteiger partial charge in [-0.25, -0.2) is 9.97 Å². The van der Waals surface area contributed by atoms with Crippen LogP contribution in [0.1, 0.15) is 23.6 Å². The van der Waals surface area contributed by atoms with Gasteiger partial charge in [0.2, 0.25) is 5.82 Å². The van der Waals surface area contributed by atoms with Gasteiger partial charge in [-0.1, -0.05) is 59.8 Å². The Hall–Kier alpha value is -3.54. The fraction of sp³-hybridized carbons (Fsp3) is 0.143. The molecule has 5 rings (SSSR count). The SMILES string of the molecule is c1ccc(-c2noc(-c3cncnc3N[C@H]3CCc4ccccc43)n2)cc1. The van der Waals surface area contributed by atoms with E-state index in [1.165, 1.54) is 17.5 Å². The van der Waals surface area contributed by atoms with Gasteiger partial charge in [-0.15, -0.1) is 0 Å². The van der Waals surface area contributed by atoms with E-state index in [0.29, 0.717) is 23.1 Å². The second-order valence-electron chi connectivity index (χ2n) is 6.51. The van der Waals surface area contributed by atoms with Gasteiger partial charge in [0.15, 0.2) is 0 Å². The Kier molecular flexibility index (Phi) is 3.86. The monoisotopic (exact) mass is 355 g/mol. The topological polar surface area (TPSA) is 76.7 Å². The van der Waals surface area contributed by atoms with Crippen molar-refractivity contribution in [2.75, 3.05) is 5.32 Å². The lowest BCUT2D eigenvalue weighted by Crippen LogP contribution is -2.09. The number of hydrogen-bond donors (Lipinski definition) is 1. The predicted molar refractivity (Wildman–Crippen MR) is 102 cm³/mol. The Labute approximate surface area is 156 Å². The lowest BCUT2D eigenvalue weighted by molar-refractivity contribution is 0.432. The van der Waals surface area contributed by atoms with E-state index in [4.69, 9.17) is 4.52 Å². The van der Waals surface area contributed by atoms with Crippen LogP contribution in [0, 0.1) is 0 Å². The number of nitrogens with one attached hydrogen (secondary N) is 1. The lowest BCUT2D eigenvalue weighted by atomic mass is 10.1. The van der Waals surface area contributed by atoms with Crippen LogP contribution in [-0.2, 0) is 6.42 Å². The summed E-state index contributed by atoms with van der Waals surface area (Å²) in [6, 6.07) is 18.5. The van der Waals surface area contributed by atoms with Gasteiger partial charge in [0, 0.05) is 11.8 Å². The van der Waals surface area contributed by atoms with Crippen molar-refractivity contribution >= 4 is 5.82 Å². The van der Waals surface area contributed by atoms with Crippen LogP contribution in [0.3, 0.4) is 0 Å². The first kappa shape index (κ1) is 15.7. The van der Waals surface area contributed by atoms with Crippen LogP contribution in [0.4, 0.5) is 5.82 Å². The lowest BCUT2D eigenvalue weighted by Gasteiger charge is -2.15. The Bertz CT molecular complexity index is 1080. The second-order valence-corrected chi connectivity index (χ2v) is 6.51. The Morgan fingerprint density at radius 2 is 1.85 bits per heavy atom. The number of aryl methyl sites for hydroxylation is 1. The fourth-order valence-electron chi connectivity index (χ4n) is 3.51. The molecular weight excluding hydrogens is 338 g/mol. The number of aromatic nitrogens is 4. The van der Waals surface area contributed by atoms with Gasteiger partial charge in [0.25, 0.3) is 5.89 Å². The highest BCUT2D eigenvalue weighted by atomic mass is 16.5. The quantitative estimate of drug-likeness (QED) is 0.588. The molecule has 0 saturated carbocycles. The standard InChI is InChI=1S/C21H17N5O/c1-2-7-15(8-3-1)19-25-21(27-26-19)17-12-22-13-23-20(17)24-18-11-10-14-6-4-5-9-16(14)18/h1-9,12-13,18H,10-11H2,(H,22,23,24)/t18-/m0/s1. The highest BCUT2D eigenvalue weighted by Crippen LogP contribution is 2.35. The first-order chi connectivity index (χ1) is 13.4. The molecule has 2 aromatic heterocycles. The van der Waals surface area contributed by atoms with Crippen molar-refractivity contribution < 1.29 is 4.52 Å². The van der Waals surface area contributed by atoms with Crippen molar-refractivity contribution in [2.24, 2.45) is 0 Å². The molecule has 0 amide bonds. The molecule has 1 aliphatic rings. The first-order valence-electron chi connectivity index (χ1n) is 8.92. The van der Waals surface area contributed by atoms with Crippen molar-refractivity contribution in [3.8, 4) is 22.8 Å². The maximum atomic E-state index is 5.50. The Morgan fingerprint density at radius 1 is 1.00 bits per heavy atom. The third-order valence-electron chi connectivity index (χ3n) is 4.84. The largest absolute Gasteiger partial charge is 0.362 e. The van der Waals surface area contributed by atoms with Gasteiger partial charge in [-0.2, -0.15) is 4.98 Å². The molecule has 2 heterocycles. The molecule has 132 valence electrons. The summed E-state index contributed by atoms with van der Waals surface area (Å²) in [7, 11) is 0. The zero-order chi connectivity index (χ0) is 18.1. The average Bonchev–Trinajstić information content (AvgIpc) is 3.37. The van der Waals surface area contributed by atoms with Crippen molar-refractivity contribution in [3.63, 3.8) is 0 Å². The van der Waals surface area contributed by atoms with Crippen LogP contribution < -0.4 is 5.32 Å². The zero-order valence-electron chi connectivity index (χ0n) is 14.5. The van der Waals surface area contributed by atoms with E-state index in [-0.39, 0.29) is 6.04 Å². The summed E-state index contributed by atoms with van der Waals surface area (Å²) in [5.74, 6) is 1.66. The molecule has 0 radical (unpaired) electrons. The van der Waals surface area contributed by atoms with E-state index in [0.717, 1.165) is 18.4 Å². The molecule has 4 aromatic rings. The summed E-state index contributed by atoms with van der Waals surface area (Å²) in [6.07, 6.45) is 5.33. The molecule has 0 bridgehead atoms. The third kappa shape index (κ3) is 2.95. The van der Waals surface area contributed by atoms with Gasteiger partial charge in [-0.3, -0.25) is 0 Å². The van der Waals surface area contributed by atoms with Gasteiger partial charge in [0.05, 0.1) is 6.04 Å². The zero-order valence-corrected chi connectivity index (χ0v) is 14.5. The third-order valence-corrected chi connectivity index (χ3v) is 4.84. The first-order valence-corrected chi connectivity index (χ1v) is 8.92. The summed E-state index contributed by atoms with van der Waals surface area (Å²) in [4.78, 5) is 13.1. The summed E-state index contributed by atoms with van der Waals surface area (Å²) in [5, 5.41) is 7.64.